The molecule has 10 heteroatoms. The van der Waals surface area contributed by atoms with E-state index in [1.54, 1.807) is 18.2 Å². The molecule has 0 radical (unpaired) electrons. The number of halogens is 2. The number of phenolic OH excluding ortho intramolecular Hbond substituents is 1. The standard InChI is InChI=1S/C16H13BrClN3O4S/c17-10-3-6-13(12(18)7-10)25-8-14(23)19-16(26)21-20-15(24)9-1-4-11(22)5-2-9/h1-7,22H,8H2,(H,20,24)(H2,19,21,23,26). The molecule has 0 fully saturated rings. The van der Waals surface area contributed by atoms with Crippen LogP contribution in [0.25, 0.3) is 0 Å². The molecule has 0 saturated carbocycles. The minimum Gasteiger partial charge on any atom is -0.508 e. The van der Waals surface area contributed by atoms with Crippen LogP contribution in [-0.2, 0) is 4.79 Å². The van der Waals surface area contributed by atoms with Crippen molar-refractivity contribution in [1.29, 1.82) is 0 Å². The Morgan fingerprint density at radius 2 is 1.85 bits per heavy atom. The number of thiocarbonyl (C=S) groups is 1. The summed E-state index contributed by atoms with van der Waals surface area (Å²) in [6.45, 7) is -0.310. The Kier molecular flexibility index (Phi) is 7.19. The van der Waals surface area contributed by atoms with Gasteiger partial charge in [-0.15, -0.1) is 0 Å². The maximum absolute atomic E-state index is 11.9. The summed E-state index contributed by atoms with van der Waals surface area (Å²) in [5.41, 5.74) is 5.02. The lowest BCUT2D eigenvalue weighted by molar-refractivity contribution is -0.121. The zero-order chi connectivity index (χ0) is 19.1. The molecule has 0 aliphatic carbocycles. The van der Waals surface area contributed by atoms with E-state index in [-0.39, 0.29) is 17.5 Å². The molecule has 0 spiro atoms. The molecule has 136 valence electrons. The van der Waals surface area contributed by atoms with Gasteiger partial charge in [0, 0.05) is 10.0 Å². The number of phenols is 1. The lowest BCUT2D eigenvalue weighted by Gasteiger charge is -2.12. The minimum atomic E-state index is -0.527. The summed E-state index contributed by atoms with van der Waals surface area (Å²) in [5, 5.41) is 11.8. The molecular weight excluding hydrogens is 446 g/mol. The largest absolute Gasteiger partial charge is 0.508 e. The van der Waals surface area contributed by atoms with Crippen LogP contribution in [0.1, 0.15) is 10.4 Å². The maximum Gasteiger partial charge on any atom is 0.269 e. The van der Waals surface area contributed by atoms with Crippen molar-refractivity contribution in [2.75, 3.05) is 6.61 Å². The minimum absolute atomic E-state index is 0.0446. The molecular formula is C16H13BrClN3O4S. The molecule has 2 rings (SSSR count). The third-order valence-electron chi connectivity index (χ3n) is 2.92. The van der Waals surface area contributed by atoms with Crippen LogP contribution in [-0.4, -0.2) is 28.6 Å². The summed E-state index contributed by atoms with van der Waals surface area (Å²) >= 11 is 14.2. The Bertz CT molecular complexity index is 833. The highest BCUT2D eigenvalue weighted by atomic mass is 79.9. The van der Waals surface area contributed by atoms with Crippen molar-refractivity contribution < 1.29 is 19.4 Å². The topological polar surface area (TPSA) is 99.7 Å². The number of benzene rings is 2. The molecule has 0 atom stereocenters. The molecule has 0 heterocycles. The van der Waals surface area contributed by atoms with E-state index in [4.69, 9.17) is 28.6 Å². The Labute approximate surface area is 167 Å². The van der Waals surface area contributed by atoms with Crippen molar-refractivity contribution in [3.05, 3.63) is 57.5 Å². The van der Waals surface area contributed by atoms with Gasteiger partial charge in [0.05, 0.1) is 5.02 Å². The highest BCUT2D eigenvalue weighted by Crippen LogP contribution is 2.27. The number of ether oxygens (including phenoxy) is 1. The Balaban J connectivity index is 1.75. The van der Waals surface area contributed by atoms with Crippen LogP contribution in [0.15, 0.2) is 46.9 Å². The highest BCUT2D eigenvalue weighted by Gasteiger charge is 2.10. The molecule has 7 nitrogen and oxygen atoms in total. The number of hydrogen-bond acceptors (Lipinski definition) is 5. The molecule has 2 amide bonds. The second-order valence-corrected chi connectivity index (χ2v) is 6.60. The normalized spacial score (nSPS) is 9.92. The van der Waals surface area contributed by atoms with E-state index in [9.17, 15) is 14.7 Å². The molecule has 0 unspecified atom stereocenters. The molecule has 0 aliphatic heterocycles. The molecule has 2 aromatic rings. The highest BCUT2D eigenvalue weighted by molar-refractivity contribution is 9.10. The number of hydrogen-bond donors (Lipinski definition) is 4. The average Bonchev–Trinajstić information content (AvgIpc) is 2.59. The summed E-state index contributed by atoms with van der Waals surface area (Å²) in [6, 6.07) is 10.6. The molecule has 0 aromatic heterocycles. The number of aromatic hydroxyl groups is 1. The molecule has 26 heavy (non-hydrogen) atoms. The van der Waals surface area contributed by atoms with Gasteiger partial charge in [0.1, 0.15) is 11.5 Å². The zero-order valence-electron chi connectivity index (χ0n) is 13.1. The van der Waals surface area contributed by atoms with Crippen molar-refractivity contribution in [3.8, 4) is 11.5 Å². The van der Waals surface area contributed by atoms with Crippen LogP contribution in [0, 0.1) is 0 Å². The van der Waals surface area contributed by atoms with Crippen molar-refractivity contribution in [3.63, 3.8) is 0 Å². The predicted octanol–water partition coefficient (Wildman–Crippen LogP) is 2.52. The number of carbonyl (C=O) groups is 2. The van der Waals surface area contributed by atoms with E-state index >= 15 is 0 Å². The SMILES string of the molecule is O=C(COc1ccc(Br)cc1Cl)NC(=S)NNC(=O)c1ccc(O)cc1. The van der Waals surface area contributed by atoms with Crippen LogP contribution in [0.2, 0.25) is 5.02 Å². The van der Waals surface area contributed by atoms with Gasteiger partial charge < -0.3 is 9.84 Å². The first-order chi connectivity index (χ1) is 12.3. The van der Waals surface area contributed by atoms with Crippen LogP contribution < -0.4 is 20.9 Å². The van der Waals surface area contributed by atoms with E-state index < -0.39 is 11.8 Å². The summed E-state index contributed by atoms with van der Waals surface area (Å²) in [4.78, 5) is 23.7. The smallest absolute Gasteiger partial charge is 0.269 e. The zero-order valence-corrected chi connectivity index (χ0v) is 16.2. The van der Waals surface area contributed by atoms with Crippen LogP contribution in [0.4, 0.5) is 0 Å². The molecule has 4 N–H and O–H groups in total. The van der Waals surface area contributed by atoms with Gasteiger partial charge in [-0.25, -0.2) is 0 Å². The van der Waals surface area contributed by atoms with Gasteiger partial charge >= 0.3 is 0 Å². The molecule has 0 aliphatic rings. The van der Waals surface area contributed by atoms with E-state index in [0.29, 0.717) is 16.3 Å². The first-order valence-corrected chi connectivity index (χ1v) is 8.70. The number of carbonyl (C=O) groups excluding carboxylic acids is 2. The van der Waals surface area contributed by atoms with E-state index in [1.807, 2.05) is 0 Å². The lowest BCUT2D eigenvalue weighted by Crippen LogP contribution is -2.49. The van der Waals surface area contributed by atoms with Crippen molar-refractivity contribution in [1.82, 2.24) is 16.2 Å². The number of amides is 2. The second kappa shape index (κ2) is 9.37. The molecule has 0 saturated heterocycles. The fraction of sp³-hybridized carbons (Fsp3) is 0.0625. The van der Waals surface area contributed by atoms with Gasteiger partial charge in [-0.2, -0.15) is 0 Å². The number of hydrazine groups is 1. The van der Waals surface area contributed by atoms with Gasteiger partial charge in [0.25, 0.3) is 11.8 Å². The first kappa shape index (κ1) is 20.0. The van der Waals surface area contributed by atoms with Crippen LogP contribution in [0.5, 0.6) is 11.5 Å². The molecule has 2 aromatic carbocycles. The maximum atomic E-state index is 11.9. The Hall–Kier alpha value is -2.36. The fourth-order valence-electron chi connectivity index (χ4n) is 1.73. The summed E-state index contributed by atoms with van der Waals surface area (Å²) < 4.78 is 6.08. The van der Waals surface area contributed by atoms with E-state index in [2.05, 4.69) is 32.1 Å². The number of rotatable bonds is 4. The van der Waals surface area contributed by atoms with Gasteiger partial charge in [0.15, 0.2) is 11.7 Å². The molecule has 0 bridgehead atoms. The quantitative estimate of drug-likeness (QED) is 0.415. The van der Waals surface area contributed by atoms with Gasteiger partial charge in [-0.3, -0.25) is 25.8 Å². The van der Waals surface area contributed by atoms with Gasteiger partial charge in [0.2, 0.25) is 0 Å². The van der Waals surface area contributed by atoms with Crippen LogP contribution in [0.3, 0.4) is 0 Å². The Morgan fingerprint density at radius 3 is 2.50 bits per heavy atom. The Morgan fingerprint density at radius 1 is 1.15 bits per heavy atom. The van der Waals surface area contributed by atoms with E-state index in [0.717, 1.165) is 4.47 Å². The third-order valence-corrected chi connectivity index (χ3v) is 3.92. The van der Waals surface area contributed by atoms with Crippen molar-refractivity contribution >= 4 is 56.7 Å². The van der Waals surface area contributed by atoms with Crippen LogP contribution >= 0.6 is 39.7 Å². The summed E-state index contributed by atoms with van der Waals surface area (Å²) in [6.07, 6.45) is 0. The fourth-order valence-corrected chi connectivity index (χ4v) is 2.62. The summed E-state index contributed by atoms with van der Waals surface area (Å²) in [5.74, 6) is -0.618. The van der Waals surface area contributed by atoms with Gasteiger partial charge in [-0.1, -0.05) is 27.5 Å². The first-order valence-electron chi connectivity index (χ1n) is 7.12. The van der Waals surface area contributed by atoms with E-state index in [1.165, 1.54) is 24.3 Å². The van der Waals surface area contributed by atoms with Gasteiger partial charge in [-0.05, 0) is 54.7 Å². The third kappa shape index (κ3) is 6.17. The second-order valence-electron chi connectivity index (χ2n) is 4.87. The average molecular weight is 459 g/mol. The number of nitrogens with one attached hydrogen (secondary N) is 3. The monoisotopic (exact) mass is 457 g/mol. The summed E-state index contributed by atoms with van der Waals surface area (Å²) in [7, 11) is 0. The predicted molar refractivity (Wildman–Crippen MR) is 104 cm³/mol. The van der Waals surface area contributed by atoms with Crippen molar-refractivity contribution in [2.45, 2.75) is 0 Å². The van der Waals surface area contributed by atoms with Crippen molar-refractivity contribution in [2.24, 2.45) is 0 Å². The lowest BCUT2D eigenvalue weighted by atomic mass is 10.2.